The first kappa shape index (κ1) is 16.8. The molecule has 7 heteroatoms. The van der Waals surface area contributed by atoms with E-state index in [0.29, 0.717) is 24.6 Å². The van der Waals surface area contributed by atoms with Crippen molar-refractivity contribution in [3.05, 3.63) is 72.2 Å². The third kappa shape index (κ3) is 3.09. The van der Waals surface area contributed by atoms with Gasteiger partial charge in [0.15, 0.2) is 5.76 Å². The van der Waals surface area contributed by atoms with Crippen LogP contribution < -0.4 is 0 Å². The summed E-state index contributed by atoms with van der Waals surface area (Å²) in [6.45, 7) is 1.21. The largest absolute Gasteiger partial charge is 0.454 e. The average Bonchev–Trinajstić information content (AvgIpc) is 3.48. The molecule has 4 aromatic rings. The molecule has 4 heterocycles. The van der Waals surface area contributed by atoms with Crippen LogP contribution in [0.1, 0.15) is 47.4 Å². The van der Waals surface area contributed by atoms with Gasteiger partial charge in [0, 0.05) is 18.9 Å². The molecule has 0 radical (unpaired) electrons. The van der Waals surface area contributed by atoms with Crippen LogP contribution in [0.15, 0.2) is 59.3 Å². The van der Waals surface area contributed by atoms with Gasteiger partial charge in [-0.1, -0.05) is 12.1 Å². The molecule has 0 unspecified atom stereocenters. The third-order valence-corrected chi connectivity index (χ3v) is 5.24. The zero-order chi connectivity index (χ0) is 18.9. The number of benzene rings is 1. The molecule has 0 aliphatic carbocycles. The Morgan fingerprint density at radius 2 is 2.11 bits per heavy atom. The number of carbonyl (C=O) groups excluding carboxylic acids is 1. The lowest BCUT2D eigenvalue weighted by Crippen LogP contribution is -2.38. The van der Waals surface area contributed by atoms with Gasteiger partial charge >= 0.3 is 0 Å². The fraction of sp³-hybridized carbons (Fsp3) is 0.286. The molecule has 0 spiro atoms. The standard InChI is InChI=1S/C21H21N5O2/c27-21(19-10-9-15(28-19)14-25-12-5-11-22-25)26-13-4-3-8-18(26)20-23-16-6-1-2-7-17(16)24-20/h1-2,5-7,9-12,18H,3-4,8,13-14H2,(H,23,24)/t18-/m1/s1. The molecule has 142 valence electrons. The first-order chi connectivity index (χ1) is 13.8. The van der Waals surface area contributed by atoms with Crippen LogP contribution in [-0.2, 0) is 6.54 Å². The van der Waals surface area contributed by atoms with Crippen LogP contribution >= 0.6 is 0 Å². The maximum Gasteiger partial charge on any atom is 0.290 e. The van der Waals surface area contributed by atoms with Crippen molar-refractivity contribution in [2.45, 2.75) is 31.8 Å². The number of piperidine rings is 1. The van der Waals surface area contributed by atoms with Crippen molar-refractivity contribution in [1.82, 2.24) is 24.6 Å². The minimum Gasteiger partial charge on any atom is -0.454 e. The van der Waals surface area contributed by atoms with E-state index in [0.717, 1.165) is 36.1 Å². The fourth-order valence-electron chi connectivity index (χ4n) is 3.86. The van der Waals surface area contributed by atoms with Crippen LogP contribution in [0.3, 0.4) is 0 Å². The molecule has 28 heavy (non-hydrogen) atoms. The number of para-hydroxylation sites is 2. The van der Waals surface area contributed by atoms with Crippen molar-refractivity contribution in [1.29, 1.82) is 0 Å². The number of fused-ring (bicyclic) bond motifs is 1. The summed E-state index contributed by atoms with van der Waals surface area (Å²) >= 11 is 0. The summed E-state index contributed by atoms with van der Waals surface area (Å²) in [5.74, 6) is 1.84. The van der Waals surface area contributed by atoms with Crippen molar-refractivity contribution in [3.8, 4) is 0 Å². The molecular weight excluding hydrogens is 354 g/mol. The van der Waals surface area contributed by atoms with E-state index in [1.807, 2.05) is 47.5 Å². The number of imidazole rings is 1. The molecule has 1 saturated heterocycles. The van der Waals surface area contributed by atoms with E-state index in [4.69, 9.17) is 9.40 Å². The number of nitrogens with one attached hydrogen (secondary N) is 1. The Labute approximate surface area is 162 Å². The highest BCUT2D eigenvalue weighted by Gasteiger charge is 2.32. The highest BCUT2D eigenvalue weighted by molar-refractivity contribution is 5.92. The maximum absolute atomic E-state index is 13.2. The third-order valence-electron chi connectivity index (χ3n) is 5.24. The smallest absolute Gasteiger partial charge is 0.290 e. The molecular formula is C21H21N5O2. The molecule has 1 N–H and O–H groups in total. The number of carbonyl (C=O) groups is 1. The van der Waals surface area contributed by atoms with Gasteiger partial charge in [-0.25, -0.2) is 4.98 Å². The molecule has 5 rings (SSSR count). The first-order valence-corrected chi connectivity index (χ1v) is 9.60. The van der Waals surface area contributed by atoms with E-state index < -0.39 is 0 Å². The quantitative estimate of drug-likeness (QED) is 0.589. The summed E-state index contributed by atoms with van der Waals surface area (Å²) in [6, 6.07) is 13.3. The number of rotatable bonds is 4. The number of aromatic nitrogens is 4. The predicted octanol–water partition coefficient (Wildman–Crippen LogP) is 3.77. The van der Waals surface area contributed by atoms with Gasteiger partial charge in [0.25, 0.3) is 5.91 Å². The Bertz CT molecular complexity index is 1060. The summed E-state index contributed by atoms with van der Waals surface area (Å²) < 4.78 is 7.60. The molecule has 0 bridgehead atoms. The summed E-state index contributed by atoms with van der Waals surface area (Å²) in [5.41, 5.74) is 1.92. The maximum atomic E-state index is 13.2. The van der Waals surface area contributed by atoms with Crippen molar-refractivity contribution in [3.63, 3.8) is 0 Å². The normalized spacial score (nSPS) is 17.3. The van der Waals surface area contributed by atoms with Gasteiger partial charge in [-0.05, 0) is 49.6 Å². The molecule has 1 aromatic carbocycles. The minimum absolute atomic E-state index is 0.0617. The highest BCUT2D eigenvalue weighted by Crippen LogP contribution is 2.32. The summed E-state index contributed by atoms with van der Waals surface area (Å²) in [5, 5.41) is 4.18. The van der Waals surface area contributed by atoms with E-state index in [2.05, 4.69) is 10.1 Å². The Balaban J connectivity index is 1.40. The summed E-state index contributed by atoms with van der Waals surface area (Å²) in [4.78, 5) is 23.2. The molecule has 1 aliphatic rings. The van der Waals surface area contributed by atoms with Crippen LogP contribution in [0.25, 0.3) is 11.0 Å². The predicted molar refractivity (Wildman–Crippen MR) is 104 cm³/mol. The van der Waals surface area contributed by atoms with Crippen LogP contribution in [0.2, 0.25) is 0 Å². The average molecular weight is 375 g/mol. The number of likely N-dealkylation sites (tertiary alicyclic amines) is 1. The monoisotopic (exact) mass is 375 g/mol. The molecule has 0 saturated carbocycles. The van der Waals surface area contributed by atoms with Gasteiger partial charge < -0.3 is 14.3 Å². The lowest BCUT2D eigenvalue weighted by atomic mass is 10.0. The zero-order valence-electron chi connectivity index (χ0n) is 15.4. The van der Waals surface area contributed by atoms with E-state index in [-0.39, 0.29) is 11.9 Å². The van der Waals surface area contributed by atoms with Crippen molar-refractivity contribution >= 4 is 16.9 Å². The number of H-pyrrole nitrogens is 1. The Morgan fingerprint density at radius 3 is 2.96 bits per heavy atom. The Kier molecular flexibility index (Phi) is 4.20. The van der Waals surface area contributed by atoms with Crippen LogP contribution in [0.4, 0.5) is 0 Å². The highest BCUT2D eigenvalue weighted by atomic mass is 16.4. The Hall–Kier alpha value is -3.35. The topological polar surface area (TPSA) is 79.9 Å². The van der Waals surface area contributed by atoms with E-state index in [9.17, 15) is 4.79 Å². The molecule has 1 atom stereocenters. The zero-order valence-corrected chi connectivity index (χ0v) is 15.4. The van der Waals surface area contributed by atoms with Crippen LogP contribution in [0, 0.1) is 0 Å². The summed E-state index contributed by atoms with van der Waals surface area (Å²) in [6.07, 6.45) is 6.55. The van der Waals surface area contributed by atoms with Crippen LogP contribution in [-0.4, -0.2) is 37.1 Å². The number of nitrogens with zero attached hydrogens (tertiary/aromatic N) is 4. The second kappa shape index (κ2) is 6.99. The molecule has 1 aliphatic heterocycles. The van der Waals surface area contributed by atoms with Crippen molar-refractivity contribution in [2.75, 3.05) is 6.54 Å². The molecule has 3 aromatic heterocycles. The lowest BCUT2D eigenvalue weighted by Gasteiger charge is -2.33. The van der Waals surface area contributed by atoms with Gasteiger partial charge in [-0.15, -0.1) is 0 Å². The number of amides is 1. The SMILES string of the molecule is O=C(c1ccc(Cn2cccn2)o1)N1CCCC[C@@H]1c1nc2ccccc2[nH]1. The van der Waals surface area contributed by atoms with Gasteiger partial charge in [0.2, 0.25) is 0 Å². The first-order valence-electron chi connectivity index (χ1n) is 9.60. The number of furan rings is 1. The Morgan fingerprint density at radius 1 is 1.18 bits per heavy atom. The second-order valence-corrected chi connectivity index (χ2v) is 7.12. The number of hydrogen-bond donors (Lipinski definition) is 1. The second-order valence-electron chi connectivity index (χ2n) is 7.12. The van der Waals surface area contributed by atoms with Crippen LogP contribution in [0.5, 0.6) is 0 Å². The molecule has 1 fully saturated rings. The van der Waals surface area contributed by atoms with E-state index >= 15 is 0 Å². The number of aromatic amines is 1. The molecule has 1 amide bonds. The molecule has 7 nitrogen and oxygen atoms in total. The van der Waals surface area contributed by atoms with Gasteiger partial charge in [-0.3, -0.25) is 9.48 Å². The van der Waals surface area contributed by atoms with Crippen molar-refractivity contribution < 1.29 is 9.21 Å². The van der Waals surface area contributed by atoms with Gasteiger partial charge in [-0.2, -0.15) is 5.10 Å². The summed E-state index contributed by atoms with van der Waals surface area (Å²) in [7, 11) is 0. The van der Waals surface area contributed by atoms with Crippen molar-refractivity contribution in [2.24, 2.45) is 0 Å². The minimum atomic E-state index is -0.0862. The lowest BCUT2D eigenvalue weighted by molar-refractivity contribution is 0.0566. The van der Waals surface area contributed by atoms with Gasteiger partial charge in [0.05, 0.1) is 23.6 Å². The van der Waals surface area contributed by atoms with E-state index in [1.54, 1.807) is 16.9 Å². The van der Waals surface area contributed by atoms with E-state index in [1.165, 1.54) is 0 Å². The fourth-order valence-corrected chi connectivity index (χ4v) is 3.86. The van der Waals surface area contributed by atoms with Gasteiger partial charge in [0.1, 0.15) is 11.6 Å². The number of hydrogen-bond acceptors (Lipinski definition) is 4.